The predicted octanol–water partition coefficient (Wildman–Crippen LogP) is 3.38. The zero-order chi connectivity index (χ0) is 12.1. The van der Waals surface area contributed by atoms with Gasteiger partial charge in [-0.3, -0.25) is 4.99 Å². The predicted molar refractivity (Wildman–Crippen MR) is 75.2 cm³/mol. The van der Waals surface area contributed by atoms with E-state index in [9.17, 15) is 0 Å². The number of anilines is 1. The maximum Gasteiger partial charge on any atom is 0.161 e. The molecule has 1 atom stereocenters. The fourth-order valence-corrected chi connectivity index (χ4v) is 2.93. The first-order chi connectivity index (χ1) is 8.31. The first-order valence-electron chi connectivity index (χ1n) is 5.94. The van der Waals surface area contributed by atoms with E-state index in [1.54, 1.807) is 7.11 Å². The Hall–Kier alpha value is -1.16. The molecule has 1 unspecified atom stereocenters. The molecule has 92 valence electrons. The molecule has 0 amide bonds. The second kappa shape index (κ2) is 5.96. The molecule has 1 heterocycles. The zero-order valence-electron chi connectivity index (χ0n) is 10.3. The Morgan fingerprint density at radius 2 is 2.41 bits per heavy atom. The highest BCUT2D eigenvalue weighted by Gasteiger charge is 2.18. The molecule has 0 radical (unpaired) electrons. The number of nitrogens with zero attached hydrogens (tertiary/aromatic N) is 1. The van der Waals surface area contributed by atoms with E-state index in [1.165, 1.54) is 12.8 Å². The van der Waals surface area contributed by atoms with E-state index < -0.39 is 0 Å². The summed E-state index contributed by atoms with van der Waals surface area (Å²) in [6.07, 6.45) is 2.46. The maximum atomic E-state index is 5.19. The number of nitrogens with one attached hydrogen (secondary N) is 1. The van der Waals surface area contributed by atoms with Gasteiger partial charge in [0, 0.05) is 17.0 Å². The van der Waals surface area contributed by atoms with Gasteiger partial charge in [-0.15, -0.1) is 0 Å². The highest BCUT2D eigenvalue weighted by molar-refractivity contribution is 8.15. The molecule has 2 rings (SSSR count). The normalized spacial score (nSPS) is 18.9. The van der Waals surface area contributed by atoms with Crippen molar-refractivity contribution >= 4 is 22.6 Å². The molecule has 0 spiro atoms. The summed E-state index contributed by atoms with van der Waals surface area (Å²) in [4.78, 5) is 4.51. The number of hydrogen-bond donors (Lipinski definition) is 1. The van der Waals surface area contributed by atoms with Crippen LogP contribution in [-0.4, -0.2) is 24.1 Å². The molecule has 1 N–H and O–H groups in total. The molecule has 0 saturated heterocycles. The number of rotatable bonds is 4. The van der Waals surface area contributed by atoms with Crippen LogP contribution in [0.25, 0.3) is 0 Å². The van der Waals surface area contributed by atoms with Gasteiger partial charge in [-0.1, -0.05) is 31.2 Å². The molecule has 0 bridgehead atoms. The fourth-order valence-electron chi connectivity index (χ4n) is 1.78. The van der Waals surface area contributed by atoms with Crippen LogP contribution in [0.1, 0.15) is 19.8 Å². The summed E-state index contributed by atoms with van der Waals surface area (Å²) in [5.74, 6) is 0.865. The van der Waals surface area contributed by atoms with Crippen molar-refractivity contribution in [3.05, 3.63) is 24.3 Å². The lowest BCUT2D eigenvalue weighted by Crippen LogP contribution is -2.07. The Bertz CT molecular complexity index is 406. The van der Waals surface area contributed by atoms with E-state index in [4.69, 9.17) is 4.74 Å². The van der Waals surface area contributed by atoms with Gasteiger partial charge in [-0.25, -0.2) is 0 Å². The molecule has 1 aromatic carbocycles. The molecular weight excluding hydrogens is 232 g/mol. The first-order valence-corrected chi connectivity index (χ1v) is 6.82. The minimum absolute atomic E-state index is 0.646. The molecule has 1 aliphatic rings. The summed E-state index contributed by atoms with van der Waals surface area (Å²) >= 11 is 1.84. The Morgan fingerprint density at radius 1 is 1.53 bits per heavy atom. The summed E-state index contributed by atoms with van der Waals surface area (Å²) in [6, 6.07) is 7.93. The summed E-state index contributed by atoms with van der Waals surface area (Å²) in [5, 5.41) is 5.01. The van der Waals surface area contributed by atoms with Crippen molar-refractivity contribution in [2.45, 2.75) is 25.0 Å². The second-order valence-corrected chi connectivity index (χ2v) is 5.32. The van der Waals surface area contributed by atoms with Gasteiger partial charge in [0.05, 0.1) is 13.7 Å². The number of benzene rings is 1. The van der Waals surface area contributed by atoms with Crippen LogP contribution >= 0.6 is 11.8 Å². The highest BCUT2D eigenvalue weighted by Crippen LogP contribution is 2.26. The highest BCUT2D eigenvalue weighted by atomic mass is 32.2. The van der Waals surface area contributed by atoms with E-state index >= 15 is 0 Å². The SMILES string of the molecule is CCCC1CN=C(Nc2cccc(OC)c2)S1. The quantitative estimate of drug-likeness (QED) is 0.889. The van der Waals surface area contributed by atoms with E-state index in [2.05, 4.69) is 17.2 Å². The molecule has 4 heteroatoms. The van der Waals surface area contributed by atoms with Crippen molar-refractivity contribution in [1.29, 1.82) is 0 Å². The number of ether oxygens (including phenoxy) is 1. The third kappa shape index (κ3) is 3.40. The first kappa shape index (κ1) is 12.3. The van der Waals surface area contributed by atoms with Gasteiger partial charge in [0.1, 0.15) is 5.75 Å². The molecule has 1 aromatic rings. The molecule has 17 heavy (non-hydrogen) atoms. The molecule has 0 fully saturated rings. The van der Waals surface area contributed by atoms with E-state index in [0.29, 0.717) is 5.25 Å². The maximum absolute atomic E-state index is 5.19. The lowest BCUT2D eigenvalue weighted by molar-refractivity contribution is 0.415. The van der Waals surface area contributed by atoms with Crippen molar-refractivity contribution in [3.63, 3.8) is 0 Å². The summed E-state index contributed by atoms with van der Waals surface area (Å²) in [7, 11) is 1.68. The third-order valence-electron chi connectivity index (χ3n) is 2.65. The van der Waals surface area contributed by atoms with Crippen LogP contribution in [0.4, 0.5) is 5.69 Å². The van der Waals surface area contributed by atoms with E-state index in [0.717, 1.165) is 23.1 Å². The van der Waals surface area contributed by atoms with Gasteiger partial charge in [0.15, 0.2) is 5.17 Å². The molecule has 1 aliphatic heterocycles. The van der Waals surface area contributed by atoms with E-state index in [1.807, 2.05) is 36.0 Å². The lowest BCUT2D eigenvalue weighted by atomic mass is 10.2. The van der Waals surface area contributed by atoms with E-state index in [-0.39, 0.29) is 0 Å². The van der Waals surface area contributed by atoms with Gasteiger partial charge >= 0.3 is 0 Å². The minimum atomic E-state index is 0.646. The third-order valence-corrected chi connectivity index (χ3v) is 3.82. The summed E-state index contributed by atoms with van der Waals surface area (Å²) < 4.78 is 5.19. The van der Waals surface area contributed by atoms with Gasteiger partial charge in [-0.2, -0.15) is 0 Å². The molecule has 0 aromatic heterocycles. The summed E-state index contributed by atoms with van der Waals surface area (Å²) in [6.45, 7) is 3.15. The largest absolute Gasteiger partial charge is 0.497 e. The molecule has 3 nitrogen and oxygen atoms in total. The lowest BCUT2D eigenvalue weighted by Gasteiger charge is -2.08. The number of thioether (sulfide) groups is 1. The minimum Gasteiger partial charge on any atom is -0.497 e. The smallest absolute Gasteiger partial charge is 0.161 e. The van der Waals surface area contributed by atoms with Crippen molar-refractivity contribution in [1.82, 2.24) is 0 Å². The Balaban J connectivity index is 1.93. The van der Waals surface area contributed by atoms with Gasteiger partial charge in [0.2, 0.25) is 0 Å². The molecule has 0 aliphatic carbocycles. The molecular formula is C13H18N2OS. The van der Waals surface area contributed by atoms with Gasteiger partial charge < -0.3 is 10.1 Å². The zero-order valence-corrected chi connectivity index (χ0v) is 11.1. The topological polar surface area (TPSA) is 33.6 Å². The van der Waals surface area contributed by atoms with Gasteiger partial charge in [0.25, 0.3) is 0 Å². The van der Waals surface area contributed by atoms with Crippen molar-refractivity contribution < 1.29 is 4.74 Å². The number of methoxy groups -OCH3 is 1. The van der Waals surface area contributed by atoms with Crippen LogP contribution in [0.3, 0.4) is 0 Å². The number of aliphatic imine (C=N–C) groups is 1. The Morgan fingerprint density at radius 3 is 3.18 bits per heavy atom. The van der Waals surface area contributed by atoms with Crippen molar-refractivity contribution in [2.24, 2.45) is 4.99 Å². The van der Waals surface area contributed by atoms with Crippen molar-refractivity contribution in [2.75, 3.05) is 19.0 Å². The molecule has 0 saturated carbocycles. The second-order valence-electron chi connectivity index (χ2n) is 4.03. The van der Waals surface area contributed by atoms with Crippen LogP contribution in [0.15, 0.2) is 29.3 Å². The van der Waals surface area contributed by atoms with Crippen molar-refractivity contribution in [3.8, 4) is 5.75 Å². The summed E-state index contributed by atoms with van der Waals surface area (Å²) in [5.41, 5.74) is 1.03. The monoisotopic (exact) mass is 250 g/mol. The van der Waals surface area contributed by atoms with Crippen LogP contribution in [0.5, 0.6) is 5.75 Å². The van der Waals surface area contributed by atoms with Crippen LogP contribution in [0, 0.1) is 0 Å². The van der Waals surface area contributed by atoms with Crippen LogP contribution in [-0.2, 0) is 0 Å². The average Bonchev–Trinajstić information content (AvgIpc) is 2.77. The van der Waals surface area contributed by atoms with Crippen LogP contribution < -0.4 is 10.1 Å². The average molecular weight is 250 g/mol. The Labute approximate surface area is 107 Å². The number of amidine groups is 1. The standard InChI is InChI=1S/C13H18N2OS/c1-3-5-12-9-14-13(17-12)15-10-6-4-7-11(8-10)16-2/h4,6-8,12H,3,5,9H2,1-2H3,(H,14,15). The Kier molecular flexibility index (Phi) is 4.31. The van der Waals surface area contributed by atoms with Gasteiger partial charge in [-0.05, 0) is 18.6 Å². The number of hydrogen-bond acceptors (Lipinski definition) is 4. The van der Waals surface area contributed by atoms with Crippen LogP contribution in [0.2, 0.25) is 0 Å². The fraction of sp³-hybridized carbons (Fsp3) is 0.462.